The monoisotopic (exact) mass is 525 g/mol. The molecule has 4 rings (SSSR count). The number of hydrogen-bond acceptors (Lipinski definition) is 8. The van der Waals surface area contributed by atoms with Crippen molar-refractivity contribution in [1.29, 1.82) is 0 Å². The summed E-state index contributed by atoms with van der Waals surface area (Å²) in [6, 6.07) is 13.0. The number of methoxy groups -OCH3 is 2. The lowest BCUT2D eigenvalue weighted by Crippen LogP contribution is -2.45. The van der Waals surface area contributed by atoms with Crippen molar-refractivity contribution >= 4 is 21.5 Å². The number of aryl methyl sites for hydroxylation is 1. The third kappa shape index (κ3) is 5.80. The van der Waals surface area contributed by atoms with Crippen LogP contribution in [0.4, 0.5) is 11.5 Å². The third-order valence-electron chi connectivity index (χ3n) is 6.85. The lowest BCUT2D eigenvalue weighted by molar-refractivity contribution is 0.258. The van der Waals surface area contributed by atoms with Crippen molar-refractivity contribution in [1.82, 2.24) is 14.9 Å². The van der Waals surface area contributed by atoms with Gasteiger partial charge in [-0.1, -0.05) is 0 Å². The van der Waals surface area contributed by atoms with Crippen molar-refractivity contribution in [2.24, 2.45) is 0 Å². The summed E-state index contributed by atoms with van der Waals surface area (Å²) in [5, 5.41) is 0. The molecule has 1 aliphatic heterocycles. The van der Waals surface area contributed by atoms with Crippen molar-refractivity contribution in [3.8, 4) is 11.5 Å². The molecule has 37 heavy (non-hydrogen) atoms. The molecule has 0 aliphatic carbocycles. The summed E-state index contributed by atoms with van der Waals surface area (Å²) >= 11 is 0. The normalized spacial score (nSPS) is 16.1. The maximum atomic E-state index is 14.1. The van der Waals surface area contributed by atoms with Gasteiger partial charge < -0.3 is 19.3 Å². The van der Waals surface area contributed by atoms with E-state index < -0.39 is 10.0 Å². The largest absolute Gasteiger partial charge is 0.497 e. The second-order valence-corrected chi connectivity index (χ2v) is 11.2. The molecule has 0 amide bonds. The standard InChI is InChI=1S/C27H35N5O4S/c1-20-15-22(31-14-6-7-23(18-31)30(2)3)9-11-26(20)37(33,34)32(27-12-13-28-19-29-27)17-21-8-10-24(35-4)16-25(21)36-5/h8-13,15-16,19,23H,6-7,14,17-18H2,1-5H3. The molecule has 3 aromatic rings. The van der Waals surface area contributed by atoms with E-state index in [1.165, 1.54) is 16.8 Å². The smallest absolute Gasteiger partial charge is 0.266 e. The van der Waals surface area contributed by atoms with Crippen molar-refractivity contribution in [3.05, 3.63) is 66.1 Å². The van der Waals surface area contributed by atoms with Crippen LogP contribution in [0.15, 0.2) is 59.9 Å². The number of anilines is 2. The summed E-state index contributed by atoms with van der Waals surface area (Å²) in [5.74, 6) is 1.43. The van der Waals surface area contributed by atoms with E-state index in [9.17, 15) is 8.42 Å². The average molecular weight is 526 g/mol. The van der Waals surface area contributed by atoms with Crippen LogP contribution in [0.1, 0.15) is 24.0 Å². The molecular weight excluding hydrogens is 490 g/mol. The highest BCUT2D eigenvalue weighted by molar-refractivity contribution is 7.92. The molecule has 198 valence electrons. The molecule has 1 aliphatic rings. The molecule has 9 nitrogen and oxygen atoms in total. The Bertz CT molecular complexity index is 1320. The van der Waals surface area contributed by atoms with Gasteiger partial charge in [0.2, 0.25) is 0 Å². The molecule has 1 saturated heterocycles. The zero-order valence-electron chi connectivity index (χ0n) is 22.1. The Morgan fingerprint density at radius 2 is 1.89 bits per heavy atom. The van der Waals surface area contributed by atoms with Gasteiger partial charge in [-0.05, 0) is 69.8 Å². The van der Waals surface area contributed by atoms with E-state index in [1.54, 1.807) is 44.6 Å². The first kappa shape index (κ1) is 26.7. The van der Waals surface area contributed by atoms with Crippen molar-refractivity contribution in [2.75, 3.05) is 50.6 Å². The van der Waals surface area contributed by atoms with Crippen LogP contribution < -0.4 is 18.7 Å². The molecule has 1 unspecified atom stereocenters. The zero-order chi connectivity index (χ0) is 26.6. The predicted molar refractivity (Wildman–Crippen MR) is 145 cm³/mol. The number of sulfonamides is 1. The molecule has 2 aromatic carbocycles. The SMILES string of the molecule is COc1ccc(CN(c2ccncn2)S(=O)(=O)c2ccc(N3CCCC(N(C)C)C3)cc2C)c(OC)c1. The van der Waals surface area contributed by atoms with Gasteiger partial charge in [0.05, 0.1) is 25.7 Å². The van der Waals surface area contributed by atoms with Crippen LogP contribution in [0.2, 0.25) is 0 Å². The van der Waals surface area contributed by atoms with E-state index >= 15 is 0 Å². The minimum atomic E-state index is -3.97. The summed E-state index contributed by atoms with van der Waals surface area (Å²) in [6.45, 7) is 3.75. The second-order valence-electron chi connectivity index (χ2n) is 9.41. The molecule has 1 atom stereocenters. The molecule has 0 N–H and O–H groups in total. The summed E-state index contributed by atoms with van der Waals surface area (Å²) < 4.78 is 40.3. The highest BCUT2D eigenvalue weighted by Gasteiger charge is 2.30. The first-order valence-corrected chi connectivity index (χ1v) is 13.7. The van der Waals surface area contributed by atoms with Gasteiger partial charge in [0.1, 0.15) is 23.6 Å². The summed E-state index contributed by atoms with van der Waals surface area (Å²) in [7, 11) is 3.37. The fourth-order valence-electron chi connectivity index (χ4n) is 4.71. The number of hydrogen-bond donors (Lipinski definition) is 0. The predicted octanol–water partition coefficient (Wildman–Crippen LogP) is 3.73. The minimum Gasteiger partial charge on any atom is -0.497 e. The van der Waals surface area contributed by atoms with Crippen molar-refractivity contribution in [2.45, 2.75) is 37.2 Å². The Morgan fingerprint density at radius 3 is 2.54 bits per heavy atom. The first-order chi connectivity index (χ1) is 17.7. The number of aromatic nitrogens is 2. The summed E-state index contributed by atoms with van der Waals surface area (Å²) in [6.07, 6.45) is 5.14. The van der Waals surface area contributed by atoms with E-state index in [1.807, 2.05) is 19.1 Å². The summed E-state index contributed by atoms with van der Waals surface area (Å²) in [5.41, 5.74) is 2.40. The number of rotatable bonds is 9. The van der Waals surface area contributed by atoms with Gasteiger partial charge in [0, 0.05) is 48.7 Å². The van der Waals surface area contributed by atoms with Crippen LogP contribution in [0.3, 0.4) is 0 Å². The fourth-order valence-corrected chi connectivity index (χ4v) is 6.31. The third-order valence-corrected chi connectivity index (χ3v) is 8.76. The van der Waals surface area contributed by atoms with E-state index in [0.29, 0.717) is 28.7 Å². The maximum Gasteiger partial charge on any atom is 0.266 e. The Kier molecular flexibility index (Phi) is 8.19. The van der Waals surface area contributed by atoms with E-state index in [-0.39, 0.29) is 17.3 Å². The molecular formula is C27H35N5O4S. The van der Waals surface area contributed by atoms with Crippen LogP contribution in [-0.4, -0.2) is 70.7 Å². The number of piperidine rings is 1. The lowest BCUT2D eigenvalue weighted by atomic mass is 10.0. The molecule has 0 bridgehead atoms. The molecule has 1 fully saturated rings. The van der Waals surface area contributed by atoms with Gasteiger partial charge in [-0.3, -0.25) is 0 Å². The lowest BCUT2D eigenvalue weighted by Gasteiger charge is -2.37. The molecule has 10 heteroatoms. The number of ether oxygens (including phenoxy) is 2. The quantitative estimate of drug-likeness (QED) is 0.418. The molecule has 0 spiro atoms. The van der Waals surface area contributed by atoms with E-state index in [2.05, 4.69) is 33.9 Å². The molecule has 2 heterocycles. The number of likely N-dealkylation sites (N-methyl/N-ethyl adjacent to an activating group) is 1. The van der Waals surface area contributed by atoms with Gasteiger partial charge in [0.15, 0.2) is 0 Å². The van der Waals surface area contributed by atoms with Gasteiger partial charge in [0.25, 0.3) is 10.0 Å². The van der Waals surface area contributed by atoms with Gasteiger partial charge >= 0.3 is 0 Å². The first-order valence-electron chi connectivity index (χ1n) is 12.3. The molecule has 0 saturated carbocycles. The van der Waals surface area contributed by atoms with Crippen LogP contribution in [0.5, 0.6) is 11.5 Å². The summed E-state index contributed by atoms with van der Waals surface area (Å²) in [4.78, 5) is 13.1. The highest BCUT2D eigenvalue weighted by Crippen LogP contribution is 2.32. The van der Waals surface area contributed by atoms with Crippen LogP contribution in [0.25, 0.3) is 0 Å². The average Bonchev–Trinajstić information content (AvgIpc) is 2.91. The second kappa shape index (κ2) is 11.4. The van der Waals surface area contributed by atoms with Gasteiger partial charge in [-0.2, -0.15) is 0 Å². The molecule has 1 aromatic heterocycles. The molecule has 0 radical (unpaired) electrons. The van der Waals surface area contributed by atoms with E-state index in [0.717, 1.165) is 31.6 Å². The number of benzene rings is 2. The Hall–Kier alpha value is -3.37. The van der Waals surface area contributed by atoms with Crippen LogP contribution >= 0.6 is 0 Å². The maximum absolute atomic E-state index is 14.1. The van der Waals surface area contributed by atoms with Gasteiger partial charge in [-0.15, -0.1) is 0 Å². The van der Waals surface area contributed by atoms with Crippen LogP contribution in [0, 0.1) is 6.92 Å². The van der Waals surface area contributed by atoms with E-state index in [4.69, 9.17) is 9.47 Å². The Morgan fingerprint density at radius 1 is 1.08 bits per heavy atom. The highest BCUT2D eigenvalue weighted by atomic mass is 32.2. The Labute approximate surface area is 219 Å². The minimum absolute atomic E-state index is 0.0321. The van der Waals surface area contributed by atoms with Gasteiger partial charge in [-0.25, -0.2) is 22.7 Å². The van der Waals surface area contributed by atoms with Crippen LogP contribution in [-0.2, 0) is 16.6 Å². The number of nitrogens with zero attached hydrogens (tertiary/aromatic N) is 5. The Balaban J connectivity index is 1.70. The van der Waals surface area contributed by atoms with Crippen molar-refractivity contribution in [3.63, 3.8) is 0 Å². The topological polar surface area (TPSA) is 88.1 Å². The fraction of sp³-hybridized carbons (Fsp3) is 0.407. The van der Waals surface area contributed by atoms with Crippen molar-refractivity contribution < 1.29 is 17.9 Å². The zero-order valence-corrected chi connectivity index (χ0v) is 22.9.